The zero-order valence-electron chi connectivity index (χ0n) is 13.7. The van der Waals surface area contributed by atoms with E-state index in [1.54, 1.807) is 6.34 Å². The van der Waals surface area contributed by atoms with Gasteiger partial charge in [0.15, 0.2) is 0 Å². The summed E-state index contributed by atoms with van der Waals surface area (Å²) in [6, 6.07) is 4.15. The second-order valence-corrected chi connectivity index (χ2v) is 5.80. The predicted octanol–water partition coefficient (Wildman–Crippen LogP) is 3.10. The number of hydrogen-bond donors (Lipinski definition) is 1. The Morgan fingerprint density at radius 2 is 2.05 bits per heavy atom. The van der Waals surface area contributed by atoms with Gasteiger partial charge < -0.3 is 9.64 Å². The van der Waals surface area contributed by atoms with Gasteiger partial charge in [0, 0.05) is 13.0 Å². The fourth-order valence-electron chi connectivity index (χ4n) is 2.60. The van der Waals surface area contributed by atoms with Gasteiger partial charge in [-0.05, 0) is 37.0 Å². The van der Waals surface area contributed by atoms with Gasteiger partial charge >= 0.3 is 5.97 Å². The van der Waals surface area contributed by atoms with E-state index in [0.717, 1.165) is 43.6 Å². The normalized spacial score (nSPS) is 13.3. The molecule has 0 spiro atoms. The van der Waals surface area contributed by atoms with Crippen LogP contribution in [0.2, 0.25) is 0 Å². The van der Waals surface area contributed by atoms with Gasteiger partial charge in [0.1, 0.15) is 18.8 Å². The third kappa shape index (κ3) is 4.48. The molecule has 5 nitrogen and oxygen atoms in total. The van der Waals surface area contributed by atoms with Crippen molar-refractivity contribution in [2.75, 3.05) is 6.67 Å². The molecule has 0 aliphatic carbocycles. The van der Waals surface area contributed by atoms with Crippen LogP contribution >= 0.6 is 0 Å². The van der Waals surface area contributed by atoms with E-state index in [-0.39, 0.29) is 5.97 Å². The van der Waals surface area contributed by atoms with Crippen LogP contribution in [0, 0.1) is 13.8 Å². The lowest BCUT2D eigenvalue weighted by atomic mass is 10.1. The van der Waals surface area contributed by atoms with Crippen LogP contribution in [-0.2, 0) is 11.3 Å². The number of ether oxygens (including phenoxy) is 1. The second-order valence-electron chi connectivity index (χ2n) is 5.80. The summed E-state index contributed by atoms with van der Waals surface area (Å²) in [5.41, 5.74) is 6.11. The Labute approximate surface area is 132 Å². The number of benzene rings is 1. The minimum absolute atomic E-state index is 0.136. The average molecular weight is 303 g/mol. The molecule has 0 amide bonds. The molecule has 22 heavy (non-hydrogen) atoms. The van der Waals surface area contributed by atoms with Crippen molar-refractivity contribution in [2.24, 2.45) is 5.10 Å². The third-order valence-electron chi connectivity index (χ3n) is 3.69. The molecule has 1 aliphatic heterocycles. The van der Waals surface area contributed by atoms with Crippen LogP contribution in [-0.4, -0.2) is 23.9 Å². The molecule has 1 heterocycles. The van der Waals surface area contributed by atoms with Gasteiger partial charge in [-0.1, -0.05) is 31.9 Å². The smallest absolute Gasteiger partial charge is 0.311 e. The number of nitrogens with one attached hydrogen (secondary N) is 1. The molecule has 0 saturated carbocycles. The van der Waals surface area contributed by atoms with Crippen molar-refractivity contribution in [3.05, 3.63) is 28.8 Å². The lowest BCUT2D eigenvalue weighted by Gasteiger charge is -2.16. The molecule has 1 aromatic rings. The van der Waals surface area contributed by atoms with Gasteiger partial charge in [-0.15, -0.1) is 0 Å². The van der Waals surface area contributed by atoms with Crippen LogP contribution in [0.5, 0.6) is 5.75 Å². The zero-order valence-corrected chi connectivity index (χ0v) is 13.7. The molecule has 0 aromatic heterocycles. The second kappa shape index (κ2) is 7.82. The molecule has 120 valence electrons. The Hall–Kier alpha value is -2.04. The van der Waals surface area contributed by atoms with Crippen molar-refractivity contribution in [3.8, 4) is 5.75 Å². The first-order chi connectivity index (χ1) is 10.6. The largest absolute Gasteiger partial charge is 0.426 e. The molecule has 0 saturated heterocycles. The highest BCUT2D eigenvalue weighted by Crippen LogP contribution is 2.26. The van der Waals surface area contributed by atoms with Crippen molar-refractivity contribution in [3.63, 3.8) is 0 Å². The number of hydrazone groups is 1. The SMILES string of the molecule is CCCCCC(=O)Oc1c(C)cc(CN2C=NNC2)cc1C. The van der Waals surface area contributed by atoms with Crippen LogP contribution in [0.25, 0.3) is 0 Å². The van der Waals surface area contributed by atoms with Crippen LogP contribution in [0.4, 0.5) is 0 Å². The van der Waals surface area contributed by atoms with Gasteiger partial charge in [-0.2, -0.15) is 5.10 Å². The molecule has 1 aromatic carbocycles. The van der Waals surface area contributed by atoms with E-state index in [2.05, 4.69) is 34.5 Å². The van der Waals surface area contributed by atoms with Gasteiger partial charge in [0.2, 0.25) is 0 Å². The van der Waals surface area contributed by atoms with Gasteiger partial charge in [0.25, 0.3) is 0 Å². The molecule has 0 radical (unpaired) electrons. The van der Waals surface area contributed by atoms with E-state index in [1.807, 2.05) is 13.8 Å². The summed E-state index contributed by atoms with van der Waals surface area (Å²) in [4.78, 5) is 14.0. The van der Waals surface area contributed by atoms with Gasteiger partial charge in [-0.25, -0.2) is 0 Å². The van der Waals surface area contributed by atoms with Crippen molar-refractivity contribution >= 4 is 12.3 Å². The van der Waals surface area contributed by atoms with E-state index in [4.69, 9.17) is 4.74 Å². The number of hydrogen-bond acceptors (Lipinski definition) is 5. The lowest BCUT2D eigenvalue weighted by molar-refractivity contribution is -0.134. The summed E-state index contributed by atoms with van der Waals surface area (Å²) in [5.74, 6) is 0.571. The number of carbonyl (C=O) groups is 1. The molecular weight excluding hydrogens is 278 g/mol. The van der Waals surface area contributed by atoms with E-state index in [9.17, 15) is 4.79 Å². The number of rotatable bonds is 7. The Morgan fingerprint density at radius 3 is 2.64 bits per heavy atom. The van der Waals surface area contributed by atoms with Crippen LogP contribution in [0.3, 0.4) is 0 Å². The summed E-state index contributed by atoms with van der Waals surface area (Å²) in [7, 11) is 0. The number of unbranched alkanes of at least 4 members (excludes halogenated alkanes) is 2. The highest BCUT2D eigenvalue weighted by molar-refractivity contribution is 5.73. The third-order valence-corrected chi connectivity index (χ3v) is 3.69. The quantitative estimate of drug-likeness (QED) is 0.478. The first-order valence-electron chi connectivity index (χ1n) is 7.91. The molecule has 1 N–H and O–H groups in total. The molecule has 2 rings (SSSR count). The Bertz CT molecular complexity index is 532. The van der Waals surface area contributed by atoms with Crippen molar-refractivity contribution in [1.29, 1.82) is 0 Å². The lowest BCUT2D eigenvalue weighted by Crippen LogP contribution is -2.22. The summed E-state index contributed by atoms with van der Waals surface area (Å²) in [6.07, 6.45) is 5.36. The average Bonchev–Trinajstić information content (AvgIpc) is 2.96. The minimum atomic E-state index is -0.136. The van der Waals surface area contributed by atoms with Gasteiger partial charge in [0.05, 0.1) is 0 Å². The summed E-state index contributed by atoms with van der Waals surface area (Å²) < 4.78 is 5.56. The van der Waals surface area contributed by atoms with Crippen molar-refractivity contribution in [2.45, 2.75) is 53.0 Å². The van der Waals surface area contributed by atoms with Crippen LogP contribution in [0.1, 0.15) is 49.3 Å². The fraction of sp³-hybridized carbons (Fsp3) is 0.529. The number of aryl methyl sites for hydroxylation is 2. The first-order valence-corrected chi connectivity index (χ1v) is 7.91. The van der Waals surface area contributed by atoms with E-state index < -0.39 is 0 Å². The van der Waals surface area contributed by atoms with Crippen molar-refractivity contribution in [1.82, 2.24) is 10.3 Å². The molecule has 1 aliphatic rings. The molecule has 0 bridgehead atoms. The topological polar surface area (TPSA) is 53.9 Å². The monoisotopic (exact) mass is 303 g/mol. The van der Waals surface area contributed by atoms with Crippen LogP contribution < -0.4 is 10.2 Å². The molecular formula is C17H25N3O2. The minimum Gasteiger partial charge on any atom is -0.426 e. The number of carbonyl (C=O) groups excluding carboxylic acids is 1. The molecule has 5 heteroatoms. The van der Waals surface area contributed by atoms with Gasteiger partial charge in [-0.3, -0.25) is 10.2 Å². The fourth-order valence-corrected chi connectivity index (χ4v) is 2.60. The maximum atomic E-state index is 11.9. The Balaban J connectivity index is 1.99. The summed E-state index contributed by atoms with van der Waals surface area (Å²) in [6.45, 7) is 7.62. The Morgan fingerprint density at radius 1 is 1.32 bits per heavy atom. The summed E-state index contributed by atoms with van der Waals surface area (Å²) >= 11 is 0. The maximum Gasteiger partial charge on any atom is 0.311 e. The molecule has 0 fully saturated rings. The van der Waals surface area contributed by atoms with E-state index in [0.29, 0.717) is 12.2 Å². The highest BCUT2D eigenvalue weighted by Gasteiger charge is 2.13. The molecule has 0 unspecified atom stereocenters. The predicted molar refractivity (Wildman–Crippen MR) is 87.7 cm³/mol. The number of esters is 1. The van der Waals surface area contributed by atoms with E-state index in [1.165, 1.54) is 5.56 Å². The maximum absolute atomic E-state index is 11.9. The zero-order chi connectivity index (χ0) is 15.9. The van der Waals surface area contributed by atoms with Crippen LogP contribution in [0.15, 0.2) is 17.2 Å². The summed E-state index contributed by atoms with van der Waals surface area (Å²) in [5, 5.41) is 3.98. The highest BCUT2D eigenvalue weighted by atomic mass is 16.5. The van der Waals surface area contributed by atoms with E-state index >= 15 is 0 Å². The van der Waals surface area contributed by atoms with Crippen molar-refractivity contribution < 1.29 is 9.53 Å². The standard InChI is InChI=1S/C17H25N3O2/c1-4-5-6-7-16(21)22-17-13(2)8-15(9-14(17)3)10-20-11-18-19-12-20/h8-9,11,19H,4-7,10,12H2,1-3H3. The Kier molecular flexibility index (Phi) is 5.81. The number of nitrogens with zero attached hydrogens (tertiary/aromatic N) is 2. The first kappa shape index (κ1) is 16.3. The molecule has 0 atom stereocenters.